The third-order valence-corrected chi connectivity index (χ3v) is 6.21. The molecule has 0 aliphatic heterocycles. The van der Waals surface area contributed by atoms with Crippen LogP contribution in [-0.2, 0) is 20.2 Å². The maximum absolute atomic E-state index is 11.1. The lowest BCUT2D eigenvalue weighted by atomic mass is 10.2. The molecule has 3 aromatic carbocycles. The van der Waals surface area contributed by atoms with Gasteiger partial charge in [0.25, 0.3) is 26.1 Å². The number of rotatable bonds is 4. The van der Waals surface area contributed by atoms with Crippen LogP contribution in [0, 0.1) is 13.8 Å². The number of aryl methyl sites for hydroxylation is 2. The molecule has 0 unspecified atom stereocenters. The van der Waals surface area contributed by atoms with Gasteiger partial charge in [-0.2, -0.15) is 16.8 Å². The average Bonchev–Trinajstić information content (AvgIpc) is 3.34. The van der Waals surface area contributed by atoms with Gasteiger partial charge in [-0.1, -0.05) is 52.7 Å². The van der Waals surface area contributed by atoms with Crippen molar-refractivity contribution in [2.75, 3.05) is 0 Å². The number of benzene rings is 3. The maximum Gasteiger partial charge on any atom is 0.294 e. The second-order valence-corrected chi connectivity index (χ2v) is 10.1. The zero-order valence-electron chi connectivity index (χ0n) is 19.3. The first-order chi connectivity index (χ1) is 16.8. The Morgan fingerprint density at radius 1 is 0.778 bits per heavy atom. The summed E-state index contributed by atoms with van der Waals surface area (Å²) in [5.74, 6) is -0.476. The second-order valence-electron chi connectivity index (χ2n) is 7.31. The summed E-state index contributed by atoms with van der Waals surface area (Å²) < 4.78 is 60.6. The van der Waals surface area contributed by atoms with Crippen LogP contribution >= 0.6 is 0 Å². The van der Waals surface area contributed by atoms with Crippen molar-refractivity contribution in [3.63, 3.8) is 0 Å². The fraction of sp³-hybridized carbons (Fsp3) is 0.0870. The summed E-state index contributed by atoms with van der Waals surface area (Å²) in [6.07, 6.45) is 3.19. The van der Waals surface area contributed by atoms with Gasteiger partial charge >= 0.3 is 0 Å². The van der Waals surface area contributed by atoms with Crippen LogP contribution in [0.1, 0.15) is 21.5 Å². The van der Waals surface area contributed by atoms with E-state index in [9.17, 15) is 21.6 Å². The predicted molar refractivity (Wildman–Crippen MR) is 132 cm³/mol. The molecule has 0 spiro atoms. The number of para-hydroxylation sites is 1. The largest absolute Gasteiger partial charge is 0.366 e. The van der Waals surface area contributed by atoms with Crippen molar-refractivity contribution in [2.45, 2.75) is 23.6 Å². The van der Waals surface area contributed by atoms with Crippen LogP contribution in [0.5, 0.6) is 0 Å². The zero-order valence-corrected chi connectivity index (χ0v) is 20.9. The van der Waals surface area contributed by atoms with Gasteiger partial charge in [-0.25, -0.2) is 4.68 Å². The number of carbonyl (C=O) groups is 1. The summed E-state index contributed by atoms with van der Waals surface area (Å²) in [5.41, 5.74) is 8.20. The normalized spacial score (nSPS) is 10.9. The van der Waals surface area contributed by atoms with Crippen LogP contribution in [0.2, 0.25) is 0 Å². The SMILES string of the molecule is Cc1ccc(S(=O)(=O)O)cc1.Cc1ccc(S(=O)(=O)O)cc1.NC(=O)c1ccccc1-n1ccnn1. The summed E-state index contributed by atoms with van der Waals surface area (Å²) in [6, 6.07) is 18.9. The lowest BCUT2D eigenvalue weighted by molar-refractivity contribution is 0.1000. The number of hydrogen-bond acceptors (Lipinski definition) is 7. The van der Waals surface area contributed by atoms with Crippen molar-refractivity contribution < 1.29 is 30.7 Å². The highest BCUT2D eigenvalue weighted by atomic mass is 32.2. The van der Waals surface area contributed by atoms with Crippen LogP contribution in [0.3, 0.4) is 0 Å². The van der Waals surface area contributed by atoms with E-state index in [4.69, 9.17) is 14.8 Å². The predicted octanol–water partition coefficient (Wildman–Crippen LogP) is 2.85. The Bertz CT molecular complexity index is 1430. The Hall–Kier alpha value is -3.91. The second kappa shape index (κ2) is 12.2. The van der Waals surface area contributed by atoms with E-state index in [0.717, 1.165) is 11.1 Å². The van der Waals surface area contributed by atoms with E-state index in [1.807, 2.05) is 19.9 Å². The van der Waals surface area contributed by atoms with Crippen LogP contribution in [0.25, 0.3) is 5.69 Å². The van der Waals surface area contributed by atoms with Gasteiger partial charge in [0.1, 0.15) is 0 Å². The highest BCUT2D eigenvalue weighted by Crippen LogP contribution is 2.12. The van der Waals surface area contributed by atoms with Gasteiger partial charge in [-0.15, -0.1) is 5.10 Å². The molecule has 190 valence electrons. The summed E-state index contributed by atoms with van der Waals surface area (Å²) in [4.78, 5) is 10.9. The third-order valence-electron chi connectivity index (χ3n) is 4.48. The smallest absolute Gasteiger partial charge is 0.294 e. The van der Waals surface area contributed by atoms with E-state index in [1.165, 1.54) is 35.1 Å². The molecule has 0 saturated heterocycles. The quantitative estimate of drug-likeness (QED) is 0.333. The van der Waals surface area contributed by atoms with Crippen LogP contribution < -0.4 is 5.73 Å². The van der Waals surface area contributed by atoms with Gasteiger partial charge in [0.05, 0.1) is 33.4 Å². The number of amides is 1. The monoisotopic (exact) mass is 532 g/mol. The molecule has 13 heteroatoms. The van der Waals surface area contributed by atoms with Crippen molar-refractivity contribution in [1.82, 2.24) is 15.0 Å². The highest BCUT2D eigenvalue weighted by molar-refractivity contribution is 7.86. The zero-order chi connectivity index (χ0) is 26.9. The molecule has 4 rings (SSSR count). The molecule has 0 atom stereocenters. The average molecular weight is 533 g/mol. The molecular weight excluding hydrogens is 508 g/mol. The van der Waals surface area contributed by atoms with Gasteiger partial charge in [0.15, 0.2) is 0 Å². The summed E-state index contributed by atoms with van der Waals surface area (Å²) >= 11 is 0. The lowest BCUT2D eigenvalue weighted by Gasteiger charge is -2.04. The van der Waals surface area contributed by atoms with E-state index in [2.05, 4.69) is 10.3 Å². The first-order valence-corrected chi connectivity index (χ1v) is 13.0. The van der Waals surface area contributed by atoms with Gasteiger partial charge < -0.3 is 5.73 Å². The molecule has 4 N–H and O–H groups in total. The molecule has 1 heterocycles. The van der Waals surface area contributed by atoms with Gasteiger partial charge in [-0.3, -0.25) is 13.9 Å². The molecule has 36 heavy (non-hydrogen) atoms. The molecule has 0 aliphatic rings. The Morgan fingerprint density at radius 3 is 1.58 bits per heavy atom. The summed E-state index contributed by atoms with van der Waals surface area (Å²) in [5, 5.41) is 7.45. The highest BCUT2D eigenvalue weighted by Gasteiger charge is 2.09. The van der Waals surface area contributed by atoms with E-state index in [1.54, 1.807) is 48.7 Å². The molecule has 1 amide bonds. The number of nitrogens with zero attached hydrogens (tertiary/aromatic N) is 3. The summed E-state index contributed by atoms with van der Waals surface area (Å²) in [7, 11) is -8.04. The molecule has 11 nitrogen and oxygen atoms in total. The van der Waals surface area contributed by atoms with Gasteiger partial charge in [0.2, 0.25) is 0 Å². The summed E-state index contributed by atoms with van der Waals surface area (Å²) in [6.45, 7) is 3.68. The first kappa shape index (κ1) is 28.3. The topological polar surface area (TPSA) is 183 Å². The van der Waals surface area contributed by atoms with Crippen molar-refractivity contribution in [2.24, 2.45) is 5.73 Å². The molecule has 0 aliphatic carbocycles. The van der Waals surface area contributed by atoms with Crippen molar-refractivity contribution in [3.05, 3.63) is 102 Å². The minimum absolute atomic E-state index is 0.0666. The van der Waals surface area contributed by atoms with Crippen molar-refractivity contribution in [3.8, 4) is 5.69 Å². The first-order valence-electron chi connectivity index (χ1n) is 10.1. The third kappa shape index (κ3) is 8.70. The van der Waals surface area contributed by atoms with Crippen molar-refractivity contribution in [1.29, 1.82) is 0 Å². The van der Waals surface area contributed by atoms with E-state index in [0.29, 0.717) is 11.3 Å². The number of aromatic nitrogens is 3. The minimum Gasteiger partial charge on any atom is -0.366 e. The van der Waals surface area contributed by atoms with Crippen LogP contribution in [0.15, 0.2) is 95.0 Å². The van der Waals surface area contributed by atoms with E-state index in [-0.39, 0.29) is 9.79 Å². The van der Waals surface area contributed by atoms with Crippen LogP contribution in [0.4, 0.5) is 0 Å². The molecule has 0 bridgehead atoms. The van der Waals surface area contributed by atoms with E-state index < -0.39 is 26.1 Å². The number of carbonyl (C=O) groups excluding carboxylic acids is 1. The fourth-order valence-corrected chi connectivity index (χ4v) is 3.60. The molecular formula is C23H24N4O7S2. The van der Waals surface area contributed by atoms with Crippen LogP contribution in [-0.4, -0.2) is 46.8 Å². The van der Waals surface area contributed by atoms with Gasteiger partial charge in [-0.05, 0) is 50.2 Å². The standard InChI is InChI=1S/C9H8N4O.2C7H8O3S/c10-9(14)7-3-1-2-4-8(7)13-6-5-11-12-13;2*1-6-2-4-7(5-3-6)11(8,9)10/h1-6H,(H2,10,14);2*2-5H,1H3,(H,8,9,10). The van der Waals surface area contributed by atoms with Crippen molar-refractivity contribution >= 4 is 26.1 Å². The van der Waals surface area contributed by atoms with Gasteiger partial charge in [0, 0.05) is 0 Å². The molecule has 1 aromatic heterocycles. The fourth-order valence-electron chi connectivity index (χ4n) is 2.64. The van der Waals surface area contributed by atoms with E-state index >= 15 is 0 Å². The number of hydrogen-bond donors (Lipinski definition) is 3. The number of primary amides is 1. The maximum atomic E-state index is 11.1. The Kier molecular flexibility index (Phi) is 9.58. The Labute approximate surface area is 208 Å². The minimum atomic E-state index is -4.02. The molecule has 0 radical (unpaired) electrons. The Balaban J connectivity index is 0.000000193. The lowest BCUT2D eigenvalue weighted by Crippen LogP contribution is -2.14. The molecule has 4 aromatic rings. The molecule has 0 saturated carbocycles. The molecule has 0 fully saturated rings. The Morgan fingerprint density at radius 2 is 1.22 bits per heavy atom. The number of nitrogens with two attached hydrogens (primary N) is 1.